The van der Waals surface area contributed by atoms with E-state index >= 15 is 0 Å². The molecule has 1 heterocycles. The number of hydrogen-bond donors (Lipinski definition) is 1. The highest BCUT2D eigenvalue weighted by atomic mass is 16.5. The van der Waals surface area contributed by atoms with E-state index in [1.165, 1.54) is 12.8 Å². The van der Waals surface area contributed by atoms with Crippen molar-refractivity contribution in [3.05, 3.63) is 11.9 Å². The summed E-state index contributed by atoms with van der Waals surface area (Å²) < 4.78 is 7.58. The van der Waals surface area contributed by atoms with E-state index in [2.05, 4.69) is 10.3 Å². The molecule has 1 fully saturated rings. The topological polar surface area (TPSA) is 66.0 Å². The van der Waals surface area contributed by atoms with Gasteiger partial charge in [-0.1, -0.05) is 18.1 Å². The second-order valence-electron chi connectivity index (χ2n) is 4.27. The fourth-order valence-electron chi connectivity index (χ4n) is 2.12. The number of rotatable bonds is 4. The first-order valence-electron chi connectivity index (χ1n) is 5.43. The predicted octanol–water partition coefficient (Wildman–Crippen LogP) is 0.603. The van der Waals surface area contributed by atoms with E-state index in [4.69, 9.17) is 10.5 Å². The van der Waals surface area contributed by atoms with Crippen LogP contribution in [0.25, 0.3) is 0 Å². The largest absolute Gasteiger partial charge is 0.367 e. The first-order valence-corrected chi connectivity index (χ1v) is 5.43. The summed E-state index contributed by atoms with van der Waals surface area (Å²) in [5.41, 5.74) is 6.54. The predicted molar refractivity (Wildman–Crippen MR) is 56.0 cm³/mol. The van der Waals surface area contributed by atoms with Crippen LogP contribution in [-0.2, 0) is 18.4 Å². The molecule has 0 unspecified atom stereocenters. The molecule has 0 aromatic carbocycles. The minimum Gasteiger partial charge on any atom is -0.367 e. The van der Waals surface area contributed by atoms with Crippen molar-refractivity contribution >= 4 is 0 Å². The summed E-state index contributed by atoms with van der Waals surface area (Å²) >= 11 is 0. The second-order valence-corrected chi connectivity index (χ2v) is 4.27. The third kappa shape index (κ3) is 2.35. The number of nitrogens with zero attached hydrogens (tertiary/aromatic N) is 3. The third-order valence-electron chi connectivity index (χ3n) is 3.06. The summed E-state index contributed by atoms with van der Waals surface area (Å²) in [6.07, 6.45) is 6.46. The second kappa shape index (κ2) is 4.28. The standard InChI is InChI=1S/C10H18N4O/c1-14-6-9(12-13-14)7-15-10(8-11)4-2-3-5-10/h6H,2-5,7-8,11H2,1H3. The van der Waals surface area contributed by atoms with E-state index in [-0.39, 0.29) is 5.60 Å². The van der Waals surface area contributed by atoms with E-state index in [0.29, 0.717) is 13.2 Å². The zero-order valence-corrected chi connectivity index (χ0v) is 9.15. The molecule has 0 radical (unpaired) electrons. The van der Waals surface area contributed by atoms with Gasteiger partial charge in [-0.2, -0.15) is 0 Å². The maximum absolute atomic E-state index is 5.90. The quantitative estimate of drug-likeness (QED) is 0.790. The van der Waals surface area contributed by atoms with Gasteiger partial charge in [0.25, 0.3) is 0 Å². The Hall–Kier alpha value is -0.940. The summed E-state index contributed by atoms with van der Waals surface area (Å²) in [6, 6.07) is 0. The Morgan fingerprint density at radius 1 is 1.53 bits per heavy atom. The van der Waals surface area contributed by atoms with E-state index < -0.39 is 0 Å². The third-order valence-corrected chi connectivity index (χ3v) is 3.06. The minimum atomic E-state index is -0.0997. The SMILES string of the molecule is Cn1cc(COC2(CN)CCCC2)nn1. The van der Waals surface area contributed by atoms with Crippen LogP contribution in [0.5, 0.6) is 0 Å². The lowest BCUT2D eigenvalue weighted by atomic mass is 10.0. The van der Waals surface area contributed by atoms with Gasteiger partial charge in [0, 0.05) is 13.6 Å². The summed E-state index contributed by atoms with van der Waals surface area (Å²) in [5.74, 6) is 0. The highest BCUT2D eigenvalue weighted by molar-refractivity contribution is 4.92. The lowest BCUT2D eigenvalue weighted by molar-refractivity contribution is -0.0461. The Balaban J connectivity index is 1.91. The molecule has 1 aliphatic rings. The highest BCUT2D eigenvalue weighted by Crippen LogP contribution is 2.32. The average Bonchev–Trinajstić information content (AvgIpc) is 2.85. The van der Waals surface area contributed by atoms with Crippen LogP contribution in [0.1, 0.15) is 31.4 Å². The van der Waals surface area contributed by atoms with Gasteiger partial charge in [-0.3, -0.25) is 4.68 Å². The molecule has 1 aliphatic carbocycles. The normalized spacial score (nSPS) is 19.6. The molecule has 0 saturated heterocycles. The fraction of sp³-hybridized carbons (Fsp3) is 0.800. The van der Waals surface area contributed by atoms with Gasteiger partial charge in [0.2, 0.25) is 0 Å². The molecular formula is C10H18N4O. The van der Waals surface area contributed by atoms with Crippen LogP contribution in [-0.4, -0.2) is 27.1 Å². The molecule has 0 spiro atoms. The Labute approximate surface area is 89.6 Å². The number of hydrogen-bond acceptors (Lipinski definition) is 4. The smallest absolute Gasteiger partial charge is 0.108 e. The van der Waals surface area contributed by atoms with Gasteiger partial charge >= 0.3 is 0 Å². The minimum absolute atomic E-state index is 0.0997. The van der Waals surface area contributed by atoms with E-state index in [0.717, 1.165) is 18.5 Å². The van der Waals surface area contributed by atoms with Gasteiger partial charge in [0.1, 0.15) is 5.69 Å². The van der Waals surface area contributed by atoms with Crippen molar-refractivity contribution in [1.29, 1.82) is 0 Å². The molecule has 0 atom stereocenters. The van der Waals surface area contributed by atoms with Gasteiger partial charge in [-0.15, -0.1) is 5.10 Å². The lowest BCUT2D eigenvalue weighted by Gasteiger charge is -2.27. The van der Waals surface area contributed by atoms with Gasteiger partial charge in [0.15, 0.2) is 0 Å². The van der Waals surface area contributed by atoms with Crippen molar-refractivity contribution in [2.45, 2.75) is 37.9 Å². The van der Waals surface area contributed by atoms with Crippen LogP contribution >= 0.6 is 0 Å². The Bertz CT molecular complexity index is 317. The van der Waals surface area contributed by atoms with Crippen molar-refractivity contribution in [3.63, 3.8) is 0 Å². The van der Waals surface area contributed by atoms with Crippen LogP contribution in [0.2, 0.25) is 0 Å². The molecule has 0 bridgehead atoms. The van der Waals surface area contributed by atoms with Crippen molar-refractivity contribution in [2.75, 3.05) is 6.54 Å². The molecule has 5 heteroatoms. The molecule has 1 aromatic heterocycles. The highest BCUT2D eigenvalue weighted by Gasteiger charge is 2.33. The van der Waals surface area contributed by atoms with Gasteiger partial charge in [-0.25, -0.2) is 0 Å². The molecular weight excluding hydrogens is 192 g/mol. The molecule has 1 aromatic rings. The van der Waals surface area contributed by atoms with E-state index in [9.17, 15) is 0 Å². The monoisotopic (exact) mass is 210 g/mol. The first kappa shape index (κ1) is 10.6. The molecule has 0 amide bonds. The summed E-state index contributed by atoms with van der Waals surface area (Å²) in [6.45, 7) is 1.12. The molecule has 5 nitrogen and oxygen atoms in total. The Morgan fingerprint density at radius 3 is 2.80 bits per heavy atom. The van der Waals surface area contributed by atoms with Crippen molar-refractivity contribution in [1.82, 2.24) is 15.0 Å². The van der Waals surface area contributed by atoms with E-state index in [1.807, 2.05) is 13.2 Å². The van der Waals surface area contributed by atoms with Gasteiger partial charge < -0.3 is 10.5 Å². The molecule has 15 heavy (non-hydrogen) atoms. The van der Waals surface area contributed by atoms with Crippen LogP contribution in [0.15, 0.2) is 6.20 Å². The maximum Gasteiger partial charge on any atom is 0.108 e. The van der Waals surface area contributed by atoms with Crippen LogP contribution in [0.4, 0.5) is 0 Å². The van der Waals surface area contributed by atoms with Gasteiger partial charge in [-0.05, 0) is 12.8 Å². The molecule has 1 saturated carbocycles. The summed E-state index contributed by atoms with van der Waals surface area (Å²) in [5, 5.41) is 7.86. The van der Waals surface area contributed by atoms with Gasteiger partial charge in [0.05, 0.1) is 18.4 Å². The Kier molecular flexibility index (Phi) is 3.02. The van der Waals surface area contributed by atoms with Crippen LogP contribution in [0.3, 0.4) is 0 Å². The van der Waals surface area contributed by atoms with Crippen molar-refractivity contribution in [2.24, 2.45) is 12.8 Å². The average molecular weight is 210 g/mol. The van der Waals surface area contributed by atoms with Crippen molar-refractivity contribution in [3.8, 4) is 0 Å². The molecule has 0 aliphatic heterocycles. The number of aryl methyl sites for hydroxylation is 1. The summed E-state index contributed by atoms with van der Waals surface area (Å²) in [4.78, 5) is 0. The van der Waals surface area contributed by atoms with Crippen LogP contribution < -0.4 is 5.73 Å². The summed E-state index contributed by atoms with van der Waals surface area (Å²) in [7, 11) is 1.85. The molecule has 2 rings (SSSR count). The lowest BCUT2D eigenvalue weighted by Crippen LogP contribution is -2.37. The maximum atomic E-state index is 5.90. The first-order chi connectivity index (χ1) is 7.24. The van der Waals surface area contributed by atoms with Crippen LogP contribution in [0, 0.1) is 0 Å². The number of aromatic nitrogens is 3. The fourth-order valence-corrected chi connectivity index (χ4v) is 2.12. The molecule has 2 N–H and O–H groups in total. The van der Waals surface area contributed by atoms with Crippen molar-refractivity contribution < 1.29 is 4.74 Å². The number of nitrogens with two attached hydrogens (primary N) is 1. The number of ether oxygens (including phenoxy) is 1. The zero-order valence-electron chi connectivity index (χ0n) is 9.15. The zero-order chi connectivity index (χ0) is 10.7. The Morgan fingerprint density at radius 2 is 2.27 bits per heavy atom. The molecule has 84 valence electrons. The van der Waals surface area contributed by atoms with E-state index in [1.54, 1.807) is 4.68 Å².